The molecule has 1 unspecified atom stereocenters. The molecule has 2 nitrogen and oxygen atoms in total. The quantitative estimate of drug-likeness (QED) is 0.770. The number of carbonyl (C=O) groups is 1. The van der Waals surface area contributed by atoms with Crippen LogP contribution in [-0.2, 0) is 0 Å². The number of carbonyl (C=O) groups excluding carboxylic acids is 1. The highest BCUT2D eigenvalue weighted by Crippen LogP contribution is 2.26. The molecular weight excluding hydrogens is 234 g/mol. The standard InChI is InChI=1S/C17H25NO/c1-13(2)15-9-11-18(12-10-15)14(3)17(19)16-7-5-4-6-8-16/h4-8,13-15H,9-12H2,1-3H3. The number of benzene rings is 1. The Morgan fingerprint density at radius 1 is 1.11 bits per heavy atom. The molecule has 2 rings (SSSR count). The summed E-state index contributed by atoms with van der Waals surface area (Å²) in [6.45, 7) is 8.77. The summed E-state index contributed by atoms with van der Waals surface area (Å²) in [7, 11) is 0. The Morgan fingerprint density at radius 3 is 2.21 bits per heavy atom. The second kappa shape index (κ2) is 6.33. The van der Waals surface area contributed by atoms with E-state index in [1.807, 2.05) is 37.3 Å². The Morgan fingerprint density at radius 2 is 1.68 bits per heavy atom. The van der Waals surface area contributed by atoms with Crippen molar-refractivity contribution in [1.29, 1.82) is 0 Å². The summed E-state index contributed by atoms with van der Waals surface area (Å²) in [5.41, 5.74) is 0.834. The van der Waals surface area contributed by atoms with Crippen molar-refractivity contribution in [3.8, 4) is 0 Å². The Hall–Kier alpha value is -1.15. The second-order valence-corrected chi connectivity index (χ2v) is 6.02. The third-order valence-corrected chi connectivity index (χ3v) is 4.50. The van der Waals surface area contributed by atoms with Gasteiger partial charge in [0.2, 0.25) is 0 Å². The van der Waals surface area contributed by atoms with E-state index in [-0.39, 0.29) is 11.8 Å². The maximum Gasteiger partial charge on any atom is 0.179 e. The average Bonchev–Trinajstić information content (AvgIpc) is 2.46. The minimum absolute atomic E-state index is 0.00973. The second-order valence-electron chi connectivity index (χ2n) is 6.02. The molecule has 1 saturated heterocycles. The van der Waals surface area contributed by atoms with E-state index >= 15 is 0 Å². The number of rotatable bonds is 4. The topological polar surface area (TPSA) is 20.3 Å². The van der Waals surface area contributed by atoms with Gasteiger partial charge in [-0.25, -0.2) is 0 Å². The summed E-state index contributed by atoms with van der Waals surface area (Å²) < 4.78 is 0. The fraction of sp³-hybridized carbons (Fsp3) is 0.588. The summed E-state index contributed by atoms with van der Waals surface area (Å²) in [5, 5.41) is 0. The van der Waals surface area contributed by atoms with Crippen LogP contribution >= 0.6 is 0 Å². The number of Topliss-reactive ketones (excluding diaryl/α,β-unsaturated/α-hetero) is 1. The zero-order valence-electron chi connectivity index (χ0n) is 12.3. The third kappa shape index (κ3) is 3.44. The van der Waals surface area contributed by atoms with Crippen molar-refractivity contribution < 1.29 is 4.79 Å². The van der Waals surface area contributed by atoms with E-state index in [1.54, 1.807) is 0 Å². The highest BCUT2D eigenvalue weighted by molar-refractivity contribution is 5.99. The highest BCUT2D eigenvalue weighted by atomic mass is 16.1. The predicted molar refractivity (Wildman–Crippen MR) is 79.4 cm³/mol. The molecule has 1 aromatic carbocycles. The van der Waals surface area contributed by atoms with Crippen LogP contribution < -0.4 is 0 Å². The molecule has 1 heterocycles. The number of hydrogen-bond donors (Lipinski definition) is 0. The lowest BCUT2D eigenvalue weighted by Crippen LogP contribution is -2.44. The largest absolute Gasteiger partial charge is 0.293 e. The number of hydrogen-bond acceptors (Lipinski definition) is 2. The van der Waals surface area contributed by atoms with Gasteiger partial charge in [-0.1, -0.05) is 44.2 Å². The van der Waals surface area contributed by atoms with Crippen molar-refractivity contribution in [2.45, 2.75) is 39.7 Å². The van der Waals surface area contributed by atoms with Gasteiger partial charge >= 0.3 is 0 Å². The molecule has 0 spiro atoms. The zero-order chi connectivity index (χ0) is 13.8. The SMILES string of the molecule is CC(C)C1CCN(C(C)C(=O)c2ccccc2)CC1. The molecule has 1 aromatic rings. The Kier molecular flexibility index (Phi) is 4.76. The maximum atomic E-state index is 12.4. The summed E-state index contributed by atoms with van der Waals surface area (Å²) in [5.74, 6) is 1.85. The van der Waals surface area contributed by atoms with Gasteiger partial charge in [-0.2, -0.15) is 0 Å². The van der Waals surface area contributed by atoms with Gasteiger partial charge in [0.25, 0.3) is 0 Å². The van der Waals surface area contributed by atoms with E-state index in [2.05, 4.69) is 18.7 Å². The van der Waals surface area contributed by atoms with Gasteiger partial charge in [0, 0.05) is 5.56 Å². The van der Waals surface area contributed by atoms with Crippen molar-refractivity contribution in [2.24, 2.45) is 11.8 Å². The van der Waals surface area contributed by atoms with Crippen molar-refractivity contribution in [2.75, 3.05) is 13.1 Å². The lowest BCUT2D eigenvalue weighted by atomic mass is 9.86. The van der Waals surface area contributed by atoms with Gasteiger partial charge < -0.3 is 0 Å². The average molecular weight is 259 g/mol. The van der Waals surface area contributed by atoms with Gasteiger partial charge in [0.05, 0.1) is 6.04 Å². The summed E-state index contributed by atoms with van der Waals surface area (Å²) >= 11 is 0. The third-order valence-electron chi connectivity index (χ3n) is 4.50. The minimum Gasteiger partial charge on any atom is -0.293 e. The molecule has 1 atom stereocenters. The van der Waals surface area contributed by atoms with Crippen LogP contribution in [-0.4, -0.2) is 29.8 Å². The lowest BCUT2D eigenvalue weighted by molar-refractivity contribution is 0.0743. The first-order valence-electron chi connectivity index (χ1n) is 7.43. The molecular formula is C17H25NO. The molecule has 2 heteroatoms. The molecule has 104 valence electrons. The van der Waals surface area contributed by atoms with Crippen LogP contribution in [0.25, 0.3) is 0 Å². The Labute approximate surface area is 116 Å². The lowest BCUT2D eigenvalue weighted by Gasteiger charge is -2.36. The summed E-state index contributed by atoms with van der Waals surface area (Å²) in [6.07, 6.45) is 2.45. The maximum absolute atomic E-state index is 12.4. The van der Waals surface area contributed by atoms with Crippen LogP contribution in [0.2, 0.25) is 0 Å². The molecule has 0 amide bonds. The first kappa shape index (κ1) is 14.3. The first-order valence-corrected chi connectivity index (χ1v) is 7.43. The summed E-state index contributed by atoms with van der Waals surface area (Å²) in [4.78, 5) is 14.8. The zero-order valence-corrected chi connectivity index (χ0v) is 12.3. The van der Waals surface area contributed by atoms with E-state index in [0.29, 0.717) is 0 Å². The first-order chi connectivity index (χ1) is 9.09. The van der Waals surface area contributed by atoms with Gasteiger partial charge in [-0.15, -0.1) is 0 Å². The van der Waals surface area contributed by atoms with Gasteiger partial charge in [0.15, 0.2) is 5.78 Å². The molecule has 0 saturated carbocycles. The molecule has 0 aliphatic carbocycles. The molecule has 0 bridgehead atoms. The van der Waals surface area contributed by atoms with Crippen LogP contribution in [0.5, 0.6) is 0 Å². The molecule has 1 aliphatic rings. The van der Waals surface area contributed by atoms with E-state index in [9.17, 15) is 4.79 Å². The van der Waals surface area contributed by atoms with Gasteiger partial charge in [-0.05, 0) is 44.7 Å². The number of likely N-dealkylation sites (tertiary alicyclic amines) is 1. The van der Waals surface area contributed by atoms with Crippen LogP contribution in [0.4, 0.5) is 0 Å². The molecule has 0 radical (unpaired) electrons. The van der Waals surface area contributed by atoms with Crippen LogP contribution in [0.15, 0.2) is 30.3 Å². The minimum atomic E-state index is 0.00973. The molecule has 1 aliphatic heterocycles. The molecule has 0 N–H and O–H groups in total. The fourth-order valence-corrected chi connectivity index (χ4v) is 2.98. The molecule has 0 aromatic heterocycles. The summed E-state index contributed by atoms with van der Waals surface area (Å²) in [6, 6.07) is 9.67. The van der Waals surface area contributed by atoms with Crippen molar-refractivity contribution in [1.82, 2.24) is 4.90 Å². The Bertz CT molecular complexity index is 405. The van der Waals surface area contributed by atoms with Gasteiger partial charge in [-0.3, -0.25) is 9.69 Å². The number of piperidine rings is 1. The molecule has 1 fully saturated rings. The van der Waals surface area contributed by atoms with E-state index in [0.717, 1.165) is 30.5 Å². The highest BCUT2D eigenvalue weighted by Gasteiger charge is 2.27. The van der Waals surface area contributed by atoms with E-state index in [4.69, 9.17) is 0 Å². The van der Waals surface area contributed by atoms with Crippen molar-refractivity contribution >= 4 is 5.78 Å². The monoisotopic (exact) mass is 259 g/mol. The normalized spacial score (nSPS) is 19.6. The van der Waals surface area contributed by atoms with Crippen molar-refractivity contribution in [3.05, 3.63) is 35.9 Å². The number of nitrogens with zero attached hydrogens (tertiary/aromatic N) is 1. The predicted octanol–water partition coefficient (Wildman–Crippen LogP) is 3.63. The van der Waals surface area contributed by atoms with Crippen molar-refractivity contribution in [3.63, 3.8) is 0 Å². The molecule has 19 heavy (non-hydrogen) atoms. The van der Waals surface area contributed by atoms with Crippen LogP contribution in [0.3, 0.4) is 0 Å². The van der Waals surface area contributed by atoms with Gasteiger partial charge in [0.1, 0.15) is 0 Å². The Balaban J connectivity index is 1.94. The number of ketones is 1. The van der Waals surface area contributed by atoms with E-state index < -0.39 is 0 Å². The fourth-order valence-electron chi connectivity index (χ4n) is 2.98. The van der Waals surface area contributed by atoms with Crippen LogP contribution in [0.1, 0.15) is 44.0 Å². The smallest absolute Gasteiger partial charge is 0.179 e. The van der Waals surface area contributed by atoms with E-state index in [1.165, 1.54) is 12.8 Å². The van der Waals surface area contributed by atoms with Crippen LogP contribution in [0, 0.1) is 11.8 Å².